The normalized spacial score (nSPS) is 12.7. The maximum absolute atomic E-state index is 12.7. The van der Waals surface area contributed by atoms with Crippen LogP contribution in [0.25, 0.3) is 0 Å². The maximum atomic E-state index is 12.7. The number of hydrogen-bond donors (Lipinski definition) is 2. The highest BCUT2D eigenvalue weighted by Gasteiger charge is 2.15. The first kappa shape index (κ1) is 21.1. The van der Waals surface area contributed by atoms with E-state index in [1.54, 1.807) is 12.1 Å². The fraction of sp³-hybridized carbons (Fsp3) is 0.278. The molecule has 5 nitrogen and oxygen atoms in total. The van der Waals surface area contributed by atoms with Crippen molar-refractivity contribution in [3.05, 3.63) is 67.6 Å². The predicted octanol–water partition coefficient (Wildman–Crippen LogP) is 4.06. The first-order chi connectivity index (χ1) is 12.0. The highest BCUT2D eigenvalue weighted by Crippen LogP contribution is 2.24. The Morgan fingerprint density at radius 2 is 1.73 bits per heavy atom. The Balaban J connectivity index is 2.17. The van der Waals surface area contributed by atoms with E-state index in [0.717, 1.165) is 31.9 Å². The van der Waals surface area contributed by atoms with Crippen molar-refractivity contribution >= 4 is 47.8 Å². The van der Waals surface area contributed by atoms with Crippen LogP contribution in [-0.4, -0.2) is 20.6 Å². The molecule has 0 saturated heterocycles. The molecule has 0 radical (unpaired) electrons. The monoisotopic (exact) mass is 502 g/mol. The summed E-state index contributed by atoms with van der Waals surface area (Å²) in [4.78, 5) is 12.7. The summed E-state index contributed by atoms with van der Waals surface area (Å²) in [6.07, 6.45) is 1.10. The van der Waals surface area contributed by atoms with Crippen molar-refractivity contribution in [3.8, 4) is 0 Å². The van der Waals surface area contributed by atoms with E-state index < -0.39 is 10.0 Å². The third-order valence-electron chi connectivity index (χ3n) is 3.82. The smallest absolute Gasteiger partial charge is 0.252 e. The largest absolute Gasteiger partial charge is 0.346 e. The molecule has 1 amide bonds. The Morgan fingerprint density at radius 1 is 1.12 bits per heavy atom. The standard InChI is InChI=1S/C18H20Br2N2O3S/c1-11-4-5-13(10-21-26(3,24)25)6-17(11)18(23)22-12(2)14-7-15(19)9-16(20)8-14/h4-9,12,21H,10H2,1-3H3,(H,22,23). The zero-order valence-corrected chi connectivity index (χ0v) is 18.6. The first-order valence-electron chi connectivity index (χ1n) is 7.86. The second-order valence-corrected chi connectivity index (χ2v) is 9.80. The van der Waals surface area contributed by atoms with E-state index in [1.165, 1.54) is 0 Å². The lowest BCUT2D eigenvalue weighted by Crippen LogP contribution is -2.27. The topological polar surface area (TPSA) is 75.3 Å². The van der Waals surface area contributed by atoms with Crippen LogP contribution in [0.3, 0.4) is 0 Å². The van der Waals surface area contributed by atoms with Crippen LogP contribution in [0, 0.1) is 6.92 Å². The number of benzene rings is 2. The summed E-state index contributed by atoms with van der Waals surface area (Å²) in [7, 11) is -3.29. The molecule has 8 heteroatoms. The Kier molecular flexibility index (Phi) is 7.01. The van der Waals surface area contributed by atoms with Crippen molar-refractivity contribution in [1.82, 2.24) is 10.0 Å². The predicted molar refractivity (Wildman–Crippen MR) is 111 cm³/mol. The van der Waals surface area contributed by atoms with Crippen LogP contribution in [0.2, 0.25) is 0 Å². The number of amides is 1. The van der Waals surface area contributed by atoms with Gasteiger partial charge in [0.15, 0.2) is 0 Å². The van der Waals surface area contributed by atoms with Crippen molar-refractivity contribution in [2.45, 2.75) is 26.4 Å². The molecule has 1 atom stereocenters. The summed E-state index contributed by atoms with van der Waals surface area (Å²) in [6, 6.07) is 11.0. The summed E-state index contributed by atoms with van der Waals surface area (Å²) < 4.78 is 26.8. The van der Waals surface area contributed by atoms with Gasteiger partial charge in [-0.1, -0.05) is 44.0 Å². The third-order valence-corrected chi connectivity index (χ3v) is 5.40. The van der Waals surface area contributed by atoms with Crippen molar-refractivity contribution in [2.24, 2.45) is 0 Å². The molecule has 2 aromatic carbocycles. The molecule has 0 aliphatic rings. The molecule has 0 bridgehead atoms. The number of carbonyl (C=O) groups is 1. The van der Waals surface area contributed by atoms with Crippen LogP contribution in [0.5, 0.6) is 0 Å². The average Bonchev–Trinajstić information content (AvgIpc) is 2.52. The highest BCUT2D eigenvalue weighted by atomic mass is 79.9. The summed E-state index contributed by atoms with van der Waals surface area (Å²) in [5.74, 6) is -0.202. The third kappa shape index (κ3) is 6.19. The minimum atomic E-state index is -3.29. The van der Waals surface area contributed by atoms with Crippen LogP contribution < -0.4 is 10.0 Å². The zero-order chi connectivity index (χ0) is 19.5. The van der Waals surface area contributed by atoms with Crippen molar-refractivity contribution in [2.75, 3.05) is 6.26 Å². The van der Waals surface area contributed by atoms with Crippen molar-refractivity contribution in [1.29, 1.82) is 0 Å². The van der Waals surface area contributed by atoms with Gasteiger partial charge in [-0.25, -0.2) is 13.1 Å². The molecule has 0 heterocycles. The van der Waals surface area contributed by atoms with Gasteiger partial charge < -0.3 is 5.32 Å². The Morgan fingerprint density at radius 3 is 2.31 bits per heavy atom. The van der Waals surface area contributed by atoms with Gasteiger partial charge in [0.25, 0.3) is 5.91 Å². The fourth-order valence-corrected chi connectivity index (χ4v) is 4.18. The molecular formula is C18H20Br2N2O3S. The zero-order valence-electron chi connectivity index (χ0n) is 14.6. The molecule has 2 rings (SSSR count). The second kappa shape index (κ2) is 8.65. The average molecular weight is 504 g/mol. The number of nitrogens with one attached hydrogen (secondary N) is 2. The van der Waals surface area contributed by atoms with Gasteiger partial charge in [-0.3, -0.25) is 4.79 Å². The van der Waals surface area contributed by atoms with Crippen LogP contribution in [0.4, 0.5) is 0 Å². The van der Waals surface area contributed by atoms with E-state index in [2.05, 4.69) is 41.9 Å². The van der Waals surface area contributed by atoms with E-state index in [-0.39, 0.29) is 18.5 Å². The molecular weight excluding hydrogens is 484 g/mol. The molecule has 0 aromatic heterocycles. The number of rotatable bonds is 6. The fourth-order valence-electron chi connectivity index (χ4n) is 2.42. The van der Waals surface area contributed by atoms with Crippen molar-refractivity contribution < 1.29 is 13.2 Å². The molecule has 26 heavy (non-hydrogen) atoms. The van der Waals surface area contributed by atoms with Gasteiger partial charge >= 0.3 is 0 Å². The highest BCUT2D eigenvalue weighted by molar-refractivity contribution is 9.11. The van der Waals surface area contributed by atoms with Gasteiger partial charge in [0, 0.05) is 21.1 Å². The Labute approximate surface area is 170 Å². The molecule has 2 N–H and O–H groups in total. The lowest BCUT2D eigenvalue weighted by molar-refractivity contribution is 0.0939. The van der Waals surface area contributed by atoms with Crippen LogP contribution in [0.1, 0.15) is 40.0 Å². The maximum Gasteiger partial charge on any atom is 0.252 e. The minimum absolute atomic E-state index is 0.146. The van der Waals surface area contributed by atoms with Crippen molar-refractivity contribution in [3.63, 3.8) is 0 Å². The summed E-state index contributed by atoms with van der Waals surface area (Å²) in [6.45, 7) is 3.91. The quantitative estimate of drug-likeness (QED) is 0.624. The van der Waals surface area contributed by atoms with Gasteiger partial charge in [0.05, 0.1) is 12.3 Å². The molecule has 1 unspecified atom stereocenters. The summed E-state index contributed by atoms with van der Waals surface area (Å²) in [5.41, 5.74) is 3.04. The van der Waals surface area contributed by atoms with E-state index >= 15 is 0 Å². The molecule has 0 spiro atoms. The van der Waals surface area contributed by atoms with Gasteiger partial charge in [-0.05, 0) is 54.8 Å². The number of hydrogen-bond acceptors (Lipinski definition) is 3. The SMILES string of the molecule is Cc1ccc(CNS(C)(=O)=O)cc1C(=O)NC(C)c1cc(Br)cc(Br)c1. The number of halogens is 2. The minimum Gasteiger partial charge on any atom is -0.346 e. The lowest BCUT2D eigenvalue weighted by Gasteiger charge is -2.17. The number of aryl methyl sites for hydroxylation is 1. The first-order valence-corrected chi connectivity index (χ1v) is 11.3. The van der Waals surface area contributed by atoms with E-state index in [4.69, 9.17) is 0 Å². The summed E-state index contributed by atoms with van der Waals surface area (Å²) in [5, 5.41) is 2.99. The van der Waals surface area contributed by atoms with Crippen LogP contribution in [-0.2, 0) is 16.6 Å². The molecule has 140 valence electrons. The van der Waals surface area contributed by atoms with Gasteiger partial charge in [0.1, 0.15) is 0 Å². The molecule has 0 fully saturated rings. The molecule has 0 aliphatic carbocycles. The van der Waals surface area contributed by atoms with E-state index in [0.29, 0.717) is 5.56 Å². The second-order valence-electron chi connectivity index (χ2n) is 6.14. The molecule has 2 aromatic rings. The van der Waals surface area contributed by atoms with E-state index in [1.807, 2.05) is 38.1 Å². The summed E-state index contributed by atoms with van der Waals surface area (Å²) >= 11 is 6.90. The van der Waals surface area contributed by atoms with Gasteiger partial charge in [0.2, 0.25) is 10.0 Å². The number of sulfonamides is 1. The molecule has 0 saturated carbocycles. The van der Waals surface area contributed by atoms with Crippen LogP contribution in [0.15, 0.2) is 45.3 Å². The van der Waals surface area contributed by atoms with E-state index in [9.17, 15) is 13.2 Å². The number of carbonyl (C=O) groups excluding carboxylic acids is 1. The lowest BCUT2D eigenvalue weighted by atomic mass is 10.0. The van der Waals surface area contributed by atoms with Crippen LogP contribution >= 0.6 is 31.9 Å². The Hall–Kier alpha value is -1.22. The van der Waals surface area contributed by atoms with Gasteiger partial charge in [-0.2, -0.15) is 0 Å². The molecule has 0 aliphatic heterocycles. The van der Waals surface area contributed by atoms with Gasteiger partial charge in [-0.15, -0.1) is 0 Å². The Bertz CT molecular complexity index is 910.